The van der Waals surface area contributed by atoms with Gasteiger partial charge in [-0.05, 0) is 24.7 Å². The number of carboxylic acids is 1. The van der Waals surface area contributed by atoms with Crippen LogP contribution < -0.4 is 4.74 Å². The highest BCUT2D eigenvalue weighted by Gasteiger charge is 2.19. The van der Waals surface area contributed by atoms with Crippen molar-refractivity contribution in [1.29, 1.82) is 5.26 Å². The SMILES string of the molecule is COc1cc(C(C#N)N(C)CC(=O)O)ccc1O. The first-order valence-electron chi connectivity index (χ1n) is 5.18. The number of likely N-dealkylation sites (N-methyl/N-ethyl adjacent to an activating group) is 1. The number of ether oxygens (including phenoxy) is 1. The van der Waals surface area contributed by atoms with Crippen molar-refractivity contribution >= 4 is 5.97 Å². The fraction of sp³-hybridized carbons (Fsp3) is 0.333. The summed E-state index contributed by atoms with van der Waals surface area (Å²) in [6.07, 6.45) is 0. The van der Waals surface area contributed by atoms with Crippen molar-refractivity contribution in [2.75, 3.05) is 20.7 Å². The van der Waals surface area contributed by atoms with Gasteiger partial charge in [-0.15, -0.1) is 0 Å². The molecule has 0 saturated heterocycles. The van der Waals surface area contributed by atoms with Crippen LogP contribution in [0.3, 0.4) is 0 Å². The maximum Gasteiger partial charge on any atom is 0.317 e. The average molecular weight is 250 g/mol. The van der Waals surface area contributed by atoms with E-state index in [1.807, 2.05) is 6.07 Å². The molecule has 1 aromatic rings. The van der Waals surface area contributed by atoms with Crippen molar-refractivity contribution in [1.82, 2.24) is 4.90 Å². The second-order valence-electron chi connectivity index (χ2n) is 3.77. The van der Waals surface area contributed by atoms with Gasteiger partial charge in [0.1, 0.15) is 6.04 Å². The summed E-state index contributed by atoms with van der Waals surface area (Å²) < 4.78 is 4.95. The number of hydrogen-bond donors (Lipinski definition) is 2. The van der Waals surface area contributed by atoms with Gasteiger partial charge in [0.15, 0.2) is 11.5 Å². The van der Waals surface area contributed by atoms with E-state index in [1.54, 1.807) is 13.1 Å². The number of methoxy groups -OCH3 is 1. The molecule has 96 valence electrons. The minimum atomic E-state index is -1.01. The molecule has 1 rings (SSSR count). The Morgan fingerprint density at radius 1 is 1.61 bits per heavy atom. The van der Waals surface area contributed by atoms with Gasteiger partial charge in [-0.25, -0.2) is 0 Å². The Morgan fingerprint density at radius 2 is 2.28 bits per heavy atom. The number of carbonyl (C=O) groups is 1. The van der Waals surface area contributed by atoms with Crippen LogP contribution in [0, 0.1) is 11.3 Å². The lowest BCUT2D eigenvalue weighted by atomic mass is 10.1. The van der Waals surface area contributed by atoms with Crippen molar-refractivity contribution in [2.24, 2.45) is 0 Å². The van der Waals surface area contributed by atoms with Gasteiger partial charge in [0.2, 0.25) is 0 Å². The molecule has 0 fully saturated rings. The van der Waals surface area contributed by atoms with Crippen LogP contribution in [-0.4, -0.2) is 41.8 Å². The second kappa shape index (κ2) is 5.89. The molecule has 0 aliphatic carbocycles. The second-order valence-corrected chi connectivity index (χ2v) is 3.77. The predicted octanol–water partition coefficient (Wildman–Crippen LogP) is 0.982. The first kappa shape index (κ1) is 13.8. The van der Waals surface area contributed by atoms with Gasteiger partial charge in [-0.2, -0.15) is 5.26 Å². The van der Waals surface area contributed by atoms with Gasteiger partial charge < -0.3 is 14.9 Å². The summed E-state index contributed by atoms with van der Waals surface area (Å²) in [4.78, 5) is 12.0. The number of aliphatic carboxylic acids is 1. The van der Waals surface area contributed by atoms with Crippen LogP contribution in [0.1, 0.15) is 11.6 Å². The van der Waals surface area contributed by atoms with Crippen LogP contribution in [0.5, 0.6) is 11.5 Å². The van der Waals surface area contributed by atoms with Gasteiger partial charge in [-0.3, -0.25) is 9.69 Å². The zero-order valence-corrected chi connectivity index (χ0v) is 10.1. The molecule has 0 aromatic heterocycles. The minimum Gasteiger partial charge on any atom is -0.504 e. The zero-order valence-electron chi connectivity index (χ0n) is 10.1. The maximum absolute atomic E-state index is 10.6. The number of phenolic OH excluding ortho intramolecular Hbond substituents is 1. The zero-order chi connectivity index (χ0) is 13.7. The van der Waals surface area contributed by atoms with E-state index in [0.29, 0.717) is 5.56 Å². The van der Waals surface area contributed by atoms with Crippen molar-refractivity contribution in [2.45, 2.75) is 6.04 Å². The molecule has 18 heavy (non-hydrogen) atoms. The molecule has 1 atom stereocenters. The Kier molecular flexibility index (Phi) is 4.52. The van der Waals surface area contributed by atoms with Crippen LogP contribution in [-0.2, 0) is 4.79 Å². The summed E-state index contributed by atoms with van der Waals surface area (Å²) in [5.41, 5.74) is 0.566. The van der Waals surface area contributed by atoms with Crippen LogP contribution in [0.25, 0.3) is 0 Å². The molecule has 1 unspecified atom stereocenters. The molecule has 6 heteroatoms. The van der Waals surface area contributed by atoms with E-state index in [9.17, 15) is 9.90 Å². The van der Waals surface area contributed by atoms with E-state index in [2.05, 4.69) is 0 Å². The van der Waals surface area contributed by atoms with Crippen molar-refractivity contribution in [3.05, 3.63) is 23.8 Å². The molecule has 0 heterocycles. The minimum absolute atomic E-state index is 0.0289. The lowest BCUT2D eigenvalue weighted by Gasteiger charge is -2.21. The van der Waals surface area contributed by atoms with Crippen molar-refractivity contribution < 1.29 is 19.7 Å². The number of nitriles is 1. The molecular formula is C12H14N2O4. The molecule has 6 nitrogen and oxygen atoms in total. The maximum atomic E-state index is 10.6. The first-order chi connectivity index (χ1) is 8.49. The fourth-order valence-electron chi connectivity index (χ4n) is 1.60. The highest BCUT2D eigenvalue weighted by molar-refractivity contribution is 5.69. The molecule has 0 spiro atoms. The Labute approximate surface area is 105 Å². The van der Waals surface area contributed by atoms with E-state index in [-0.39, 0.29) is 18.0 Å². The van der Waals surface area contributed by atoms with Crippen molar-refractivity contribution in [3.8, 4) is 17.6 Å². The van der Waals surface area contributed by atoms with E-state index < -0.39 is 12.0 Å². The number of benzene rings is 1. The van der Waals surface area contributed by atoms with Gasteiger partial charge in [-0.1, -0.05) is 6.07 Å². The summed E-state index contributed by atoms with van der Waals surface area (Å²) in [6.45, 7) is -0.249. The smallest absolute Gasteiger partial charge is 0.317 e. The largest absolute Gasteiger partial charge is 0.504 e. The Morgan fingerprint density at radius 3 is 2.78 bits per heavy atom. The van der Waals surface area contributed by atoms with Crippen LogP contribution in [0.4, 0.5) is 0 Å². The molecule has 0 amide bonds. The normalized spacial score (nSPS) is 11.9. The van der Waals surface area contributed by atoms with E-state index in [0.717, 1.165) is 0 Å². The summed E-state index contributed by atoms with van der Waals surface area (Å²) in [6, 6.07) is 5.79. The van der Waals surface area contributed by atoms with E-state index in [1.165, 1.54) is 24.1 Å². The molecular weight excluding hydrogens is 236 g/mol. The number of phenols is 1. The van der Waals surface area contributed by atoms with Crippen LogP contribution in [0.15, 0.2) is 18.2 Å². The van der Waals surface area contributed by atoms with Crippen LogP contribution in [0.2, 0.25) is 0 Å². The standard InChI is InChI=1S/C12H14N2O4/c1-14(7-12(16)17)9(6-13)8-3-4-10(15)11(5-8)18-2/h3-5,9,15H,7H2,1-2H3,(H,16,17). The monoisotopic (exact) mass is 250 g/mol. The summed E-state index contributed by atoms with van der Waals surface area (Å²) >= 11 is 0. The number of aromatic hydroxyl groups is 1. The van der Waals surface area contributed by atoms with Crippen LogP contribution >= 0.6 is 0 Å². The van der Waals surface area contributed by atoms with Gasteiger partial charge in [0, 0.05) is 0 Å². The van der Waals surface area contributed by atoms with Crippen molar-refractivity contribution in [3.63, 3.8) is 0 Å². The highest BCUT2D eigenvalue weighted by atomic mass is 16.5. The molecule has 0 aliphatic rings. The summed E-state index contributed by atoms with van der Waals surface area (Å²) in [5, 5.41) is 27.3. The number of carboxylic acid groups (broad SMARTS) is 1. The van der Waals surface area contributed by atoms with Gasteiger partial charge in [0.05, 0.1) is 19.7 Å². The number of nitrogens with zero attached hydrogens (tertiary/aromatic N) is 2. The molecule has 1 aromatic carbocycles. The Balaban J connectivity index is 3.02. The predicted molar refractivity (Wildman–Crippen MR) is 63.3 cm³/mol. The molecule has 0 radical (unpaired) electrons. The topological polar surface area (TPSA) is 93.8 Å². The number of rotatable bonds is 5. The van der Waals surface area contributed by atoms with E-state index in [4.69, 9.17) is 15.1 Å². The summed E-state index contributed by atoms with van der Waals surface area (Å²) in [5.74, 6) is -0.793. The molecule has 0 aliphatic heterocycles. The van der Waals surface area contributed by atoms with Gasteiger partial charge in [0.25, 0.3) is 0 Å². The fourth-order valence-corrected chi connectivity index (χ4v) is 1.60. The average Bonchev–Trinajstić information content (AvgIpc) is 2.31. The lowest BCUT2D eigenvalue weighted by Crippen LogP contribution is -2.29. The molecule has 2 N–H and O–H groups in total. The Hall–Kier alpha value is -2.26. The Bertz CT molecular complexity index is 481. The third-order valence-corrected chi connectivity index (χ3v) is 2.47. The highest BCUT2D eigenvalue weighted by Crippen LogP contribution is 2.30. The third kappa shape index (κ3) is 3.12. The number of hydrogen-bond acceptors (Lipinski definition) is 5. The first-order valence-corrected chi connectivity index (χ1v) is 5.18. The third-order valence-electron chi connectivity index (χ3n) is 2.47. The quantitative estimate of drug-likeness (QED) is 0.809. The molecule has 0 bridgehead atoms. The van der Waals surface area contributed by atoms with Gasteiger partial charge >= 0.3 is 5.97 Å². The van der Waals surface area contributed by atoms with E-state index >= 15 is 0 Å². The lowest BCUT2D eigenvalue weighted by molar-refractivity contribution is -0.138. The molecule has 0 saturated carbocycles. The summed E-state index contributed by atoms with van der Waals surface area (Å²) in [7, 11) is 2.95.